The van der Waals surface area contributed by atoms with E-state index in [9.17, 15) is 14.4 Å². The summed E-state index contributed by atoms with van der Waals surface area (Å²) in [6, 6.07) is 14.0. The van der Waals surface area contributed by atoms with Crippen molar-refractivity contribution in [3.63, 3.8) is 0 Å². The van der Waals surface area contributed by atoms with Crippen LogP contribution in [0, 0.1) is 6.92 Å². The fourth-order valence-electron chi connectivity index (χ4n) is 4.50. The molecular weight excluding hydrogens is 498 g/mol. The molecule has 39 heavy (non-hydrogen) atoms. The van der Waals surface area contributed by atoms with E-state index in [-0.39, 0.29) is 30.9 Å². The van der Waals surface area contributed by atoms with Gasteiger partial charge in [-0.1, -0.05) is 55.4 Å². The lowest BCUT2D eigenvalue weighted by Gasteiger charge is -2.31. The largest absolute Gasteiger partial charge is 0.441 e. The van der Waals surface area contributed by atoms with Crippen LogP contribution in [0.25, 0.3) is 11.4 Å². The van der Waals surface area contributed by atoms with Crippen LogP contribution in [0.2, 0.25) is 0 Å². The molecule has 0 fully saturated rings. The van der Waals surface area contributed by atoms with E-state index in [1.54, 1.807) is 24.0 Å². The molecule has 11 nitrogen and oxygen atoms in total. The number of hydrazine groups is 1. The lowest BCUT2D eigenvalue weighted by molar-refractivity contribution is -0.151. The highest BCUT2D eigenvalue weighted by atomic mass is 16.5. The maximum absolute atomic E-state index is 13.4. The van der Waals surface area contributed by atoms with E-state index < -0.39 is 5.76 Å². The summed E-state index contributed by atoms with van der Waals surface area (Å²) in [5.41, 5.74) is 4.76. The highest BCUT2D eigenvalue weighted by Gasteiger charge is 2.27. The first-order chi connectivity index (χ1) is 18.6. The number of anilines is 1. The lowest BCUT2D eigenvalue weighted by atomic mass is 10.1. The molecule has 2 aromatic carbocycles. The SMILES string of the molecule is Cc1ccc(-c2noc(=O)n2C)cc1NCC(=O)N(CCNC(C)C)CC(=O)N(C)N1Cc2ccccc2C1. The van der Waals surface area contributed by atoms with Crippen molar-refractivity contribution in [3.05, 3.63) is 69.7 Å². The molecule has 0 bridgehead atoms. The number of carbonyl (C=O) groups excluding carboxylic acids is 2. The number of amides is 2. The number of hydrogen-bond donors (Lipinski definition) is 2. The minimum absolute atomic E-state index is 0.00979. The molecule has 0 aliphatic carbocycles. The maximum Gasteiger partial charge on any atom is 0.441 e. The molecular formula is C28H37N7O4. The Morgan fingerprint density at radius 2 is 1.79 bits per heavy atom. The van der Waals surface area contributed by atoms with Crippen molar-refractivity contribution in [2.24, 2.45) is 7.05 Å². The van der Waals surface area contributed by atoms with E-state index in [0.717, 1.165) is 11.3 Å². The van der Waals surface area contributed by atoms with Crippen LogP contribution in [0.4, 0.5) is 5.69 Å². The van der Waals surface area contributed by atoms with Gasteiger partial charge in [-0.3, -0.25) is 23.7 Å². The quantitative estimate of drug-likeness (QED) is 0.383. The molecule has 11 heteroatoms. The molecule has 208 valence electrons. The molecule has 1 aliphatic heterocycles. The van der Waals surface area contributed by atoms with Gasteiger partial charge in [-0.05, 0) is 29.7 Å². The first-order valence-corrected chi connectivity index (χ1v) is 13.1. The summed E-state index contributed by atoms with van der Waals surface area (Å²) in [5, 5.41) is 14.0. The van der Waals surface area contributed by atoms with E-state index in [0.29, 0.717) is 37.6 Å². The lowest BCUT2D eigenvalue weighted by Crippen LogP contribution is -2.49. The molecule has 0 unspecified atom stereocenters. The Hall–Kier alpha value is -3.96. The number of benzene rings is 2. The number of aromatic nitrogens is 2. The topological polar surface area (TPSA) is 116 Å². The van der Waals surface area contributed by atoms with E-state index in [2.05, 4.69) is 27.9 Å². The molecule has 4 rings (SSSR count). The summed E-state index contributed by atoms with van der Waals surface area (Å²) >= 11 is 0. The van der Waals surface area contributed by atoms with Crippen molar-refractivity contribution in [1.29, 1.82) is 0 Å². The molecule has 1 aromatic heterocycles. The van der Waals surface area contributed by atoms with Crippen LogP contribution in [-0.2, 0) is 29.7 Å². The number of hydrogen-bond acceptors (Lipinski definition) is 8. The van der Waals surface area contributed by atoms with Crippen LogP contribution < -0.4 is 16.4 Å². The number of carbonyl (C=O) groups is 2. The monoisotopic (exact) mass is 535 g/mol. The zero-order valence-corrected chi connectivity index (χ0v) is 23.2. The summed E-state index contributed by atoms with van der Waals surface area (Å²) < 4.78 is 6.07. The van der Waals surface area contributed by atoms with Crippen LogP contribution in [0.3, 0.4) is 0 Å². The molecule has 2 heterocycles. The van der Waals surface area contributed by atoms with Gasteiger partial charge in [-0.25, -0.2) is 9.80 Å². The van der Waals surface area contributed by atoms with Crippen LogP contribution in [0.5, 0.6) is 0 Å². The van der Waals surface area contributed by atoms with Crippen molar-refractivity contribution in [2.75, 3.05) is 38.5 Å². The Morgan fingerprint density at radius 3 is 2.41 bits per heavy atom. The third kappa shape index (κ3) is 6.73. The molecule has 1 aliphatic rings. The van der Waals surface area contributed by atoms with Gasteiger partial charge in [0.05, 0.1) is 6.54 Å². The predicted molar refractivity (Wildman–Crippen MR) is 149 cm³/mol. The molecule has 3 aromatic rings. The van der Waals surface area contributed by atoms with Crippen molar-refractivity contribution < 1.29 is 14.1 Å². The van der Waals surface area contributed by atoms with E-state index in [1.165, 1.54) is 15.7 Å². The molecule has 0 saturated carbocycles. The van der Waals surface area contributed by atoms with Gasteiger partial charge in [0.1, 0.15) is 6.54 Å². The summed E-state index contributed by atoms with van der Waals surface area (Å²) in [7, 11) is 3.34. The molecule has 0 saturated heterocycles. The normalized spacial score (nSPS) is 13.0. The summed E-state index contributed by atoms with van der Waals surface area (Å²) in [5.74, 6) is -0.488. The Morgan fingerprint density at radius 1 is 1.10 bits per heavy atom. The minimum atomic E-state index is -0.548. The van der Waals surface area contributed by atoms with Crippen molar-refractivity contribution in [3.8, 4) is 11.4 Å². The third-order valence-corrected chi connectivity index (χ3v) is 6.95. The van der Waals surface area contributed by atoms with E-state index in [1.807, 2.05) is 56.1 Å². The third-order valence-electron chi connectivity index (χ3n) is 6.95. The predicted octanol–water partition coefficient (Wildman–Crippen LogP) is 1.98. The van der Waals surface area contributed by atoms with Crippen molar-refractivity contribution in [2.45, 2.75) is 39.9 Å². The van der Waals surface area contributed by atoms with Crippen LogP contribution in [-0.4, -0.2) is 75.7 Å². The van der Waals surface area contributed by atoms with Gasteiger partial charge >= 0.3 is 5.76 Å². The second-order valence-corrected chi connectivity index (χ2v) is 10.1. The van der Waals surface area contributed by atoms with Gasteiger partial charge in [0.2, 0.25) is 5.91 Å². The Labute approximate surface area is 228 Å². The zero-order chi connectivity index (χ0) is 28.1. The number of fused-ring (bicyclic) bond motifs is 1. The van der Waals surface area contributed by atoms with Crippen LogP contribution in [0.15, 0.2) is 51.8 Å². The molecule has 0 radical (unpaired) electrons. The molecule has 2 amide bonds. The van der Waals surface area contributed by atoms with Gasteiger partial charge in [-0.2, -0.15) is 0 Å². The average molecular weight is 536 g/mol. The van der Waals surface area contributed by atoms with Crippen molar-refractivity contribution in [1.82, 2.24) is 30.0 Å². The first-order valence-electron chi connectivity index (χ1n) is 13.1. The van der Waals surface area contributed by atoms with E-state index in [4.69, 9.17) is 4.52 Å². The van der Waals surface area contributed by atoms with Gasteiger partial charge in [0.25, 0.3) is 5.91 Å². The standard InChI is InChI=1S/C28H37N7O4/c1-19(2)29-12-13-34(18-26(37)33(5)35-16-22-8-6-7-9-23(22)17-35)25(36)15-30-24-14-21(11-10-20(24)3)27-31-39-28(38)32(27)4/h6-11,14,19,29-30H,12-13,15-18H2,1-5H3. The Bertz CT molecular complexity index is 1360. The van der Waals surface area contributed by atoms with E-state index >= 15 is 0 Å². The maximum atomic E-state index is 13.4. The number of likely N-dealkylation sites (N-methyl/N-ethyl adjacent to an activating group) is 1. The van der Waals surface area contributed by atoms with Crippen LogP contribution in [0.1, 0.15) is 30.5 Å². The fourth-order valence-corrected chi connectivity index (χ4v) is 4.50. The highest BCUT2D eigenvalue weighted by molar-refractivity contribution is 5.87. The van der Waals surface area contributed by atoms with Crippen molar-refractivity contribution >= 4 is 17.5 Å². The molecule has 2 N–H and O–H groups in total. The smallest absolute Gasteiger partial charge is 0.376 e. The summed E-state index contributed by atoms with van der Waals surface area (Å²) in [4.78, 5) is 39.9. The number of rotatable bonds is 11. The van der Waals surface area contributed by atoms with Gasteiger partial charge in [0.15, 0.2) is 5.82 Å². The Balaban J connectivity index is 1.42. The number of nitrogens with zero attached hydrogens (tertiary/aromatic N) is 5. The second-order valence-electron chi connectivity index (χ2n) is 10.1. The number of nitrogens with one attached hydrogen (secondary N) is 2. The fraction of sp³-hybridized carbons (Fsp3) is 0.429. The Kier molecular flexibility index (Phi) is 8.82. The highest BCUT2D eigenvalue weighted by Crippen LogP contribution is 2.24. The van der Waals surface area contributed by atoms with Gasteiger partial charge in [-0.15, -0.1) is 0 Å². The van der Waals surface area contributed by atoms with Gasteiger partial charge in [0, 0.05) is 57.6 Å². The summed E-state index contributed by atoms with van der Waals surface area (Å²) in [6.45, 7) is 8.29. The number of aryl methyl sites for hydroxylation is 1. The zero-order valence-electron chi connectivity index (χ0n) is 23.2. The molecule has 0 atom stereocenters. The van der Waals surface area contributed by atoms with Crippen LogP contribution >= 0.6 is 0 Å². The summed E-state index contributed by atoms with van der Waals surface area (Å²) in [6.07, 6.45) is 0. The minimum Gasteiger partial charge on any atom is -0.376 e. The average Bonchev–Trinajstić information content (AvgIpc) is 3.49. The first kappa shape index (κ1) is 28.1. The molecule has 0 spiro atoms. The van der Waals surface area contributed by atoms with Gasteiger partial charge < -0.3 is 15.5 Å². The second kappa shape index (κ2) is 12.3.